The molecule has 0 radical (unpaired) electrons. The topological polar surface area (TPSA) is 15.7 Å². The third kappa shape index (κ3) is 10.9. The molecule has 2 saturated heterocycles. The predicted molar refractivity (Wildman–Crippen MR) is 143 cm³/mol. The zero-order chi connectivity index (χ0) is 24.6. The van der Waals surface area contributed by atoms with Gasteiger partial charge in [0.2, 0.25) is 0 Å². The zero-order valence-electron chi connectivity index (χ0n) is 24.0. The molecule has 0 bridgehead atoms. The molecule has 2 heterocycles. The fourth-order valence-electron chi connectivity index (χ4n) is 5.95. The lowest BCUT2D eigenvalue weighted by atomic mass is 9.72. The SMILES string of the molecule is CC(C)(C)C1CCCCC1.CC(C)(C)N1CCOCC1.C[C@@H]1CCC[C@H](C)N1C(C)(C)C. The number of piperidine rings is 1. The Morgan fingerprint density at radius 3 is 1.34 bits per heavy atom. The summed E-state index contributed by atoms with van der Waals surface area (Å²) in [5.74, 6) is 1.00. The minimum Gasteiger partial charge on any atom is -0.379 e. The Labute approximate surface area is 203 Å². The molecule has 2 atom stereocenters. The molecule has 3 rings (SSSR count). The summed E-state index contributed by atoms with van der Waals surface area (Å²) >= 11 is 0. The van der Waals surface area contributed by atoms with E-state index in [2.05, 4.69) is 86.0 Å². The van der Waals surface area contributed by atoms with Crippen LogP contribution in [-0.2, 0) is 4.74 Å². The van der Waals surface area contributed by atoms with Crippen molar-refractivity contribution in [1.29, 1.82) is 0 Å². The molecule has 0 spiro atoms. The van der Waals surface area contributed by atoms with Gasteiger partial charge in [-0.05, 0) is 92.4 Å². The molecule has 32 heavy (non-hydrogen) atoms. The molecular formula is C29H60N2O. The van der Waals surface area contributed by atoms with Crippen LogP contribution in [-0.4, -0.2) is 59.3 Å². The first kappa shape index (κ1) is 29.9. The Morgan fingerprint density at radius 1 is 0.594 bits per heavy atom. The van der Waals surface area contributed by atoms with E-state index in [1.165, 1.54) is 51.4 Å². The highest BCUT2D eigenvalue weighted by molar-refractivity contribution is 4.88. The van der Waals surface area contributed by atoms with Crippen LogP contribution in [0.2, 0.25) is 0 Å². The number of nitrogens with zero attached hydrogens (tertiary/aromatic N) is 2. The van der Waals surface area contributed by atoms with Gasteiger partial charge in [0.25, 0.3) is 0 Å². The fraction of sp³-hybridized carbons (Fsp3) is 1.00. The van der Waals surface area contributed by atoms with E-state index < -0.39 is 0 Å². The fourth-order valence-corrected chi connectivity index (χ4v) is 5.95. The molecule has 3 fully saturated rings. The molecule has 0 N–H and O–H groups in total. The Hall–Kier alpha value is -0.120. The van der Waals surface area contributed by atoms with Gasteiger partial charge >= 0.3 is 0 Å². The second-order valence-electron chi connectivity index (χ2n) is 13.7. The van der Waals surface area contributed by atoms with Crippen molar-refractivity contribution in [2.45, 2.75) is 151 Å². The van der Waals surface area contributed by atoms with Crippen LogP contribution in [0, 0.1) is 11.3 Å². The number of hydrogen-bond donors (Lipinski definition) is 0. The van der Waals surface area contributed by atoms with Crippen LogP contribution in [0.3, 0.4) is 0 Å². The van der Waals surface area contributed by atoms with Crippen molar-refractivity contribution in [3.63, 3.8) is 0 Å². The number of morpholine rings is 1. The number of likely N-dealkylation sites (tertiary alicyclic amines) is 1. The molecule has 0 aromatic heterocycles. The monoisotopic (exact) mass is 452 g/mol. The quantitative estimate of drug-likeness (QED) is 0.373. The minimum atomic E-state index is 0.323. The minimum absolute atomic E-state index is 0.323. The van der Waals surface area contributed by atoms with Crippen molar-refractivity contribution >= 4 is 0 Å². The van der Waals surface area contributed by atoms with E-state index in [4.69, 9.17) is 4.74 Å². The van der Waals surface area contributed by atoms with E-state index in [1.54, 1.807) is 0 Å². The van der Waals surface area contributed by atoms with E-state index in [0.29, 0.717) is 16.5 Å². The van der Waals surface area contributed by atoms with Crippen molar-refractivity contribution in [1.82, 2.24) is 9.80 Å². The van der Waals surface area contributed by atoms with Gasteiger partial charge < -0.3 is 4.74 Å². The van der Waals surface area contributed by atoms with Gasteiger partial charge in [0.15, 0.2) is 0 Å². The highest BCUT2D eigenvalue weighted by Gasteiger charge is 2.32. The van der Waals surface area contributed by atoms with Crippen molar-refractivity contribution in [2.75, 3.05) is 26.3 Å². The molecule has 0 amide bonds. The second kappa shape index (κ2) is 13.1. The summed E-state index contributed by atoms with van der Waals surface area (Å²) in [6.45, 7) is 29.6. The Morgan fingerprint density at radius 2 is 1.06 bits per heavy atom. The highest BCUT2D eigenvalue weighted by atomic mass is 16.5. The van der Waals surface area contributed by atoms with Crippen molar-refractivity contribution in [2.24, 2.45) is 11.3 Å². The summed E-state index contributed by atoms with van der Waals surface area (Å²) < 4.78 is 5.25. The van der Waals surface area contributed by atoms with Gasteiger partial charge in [-0.2, -0.15) is 0 Å². The number of hydrogen-bond acceptors (Lipinski definition) is 3. The normalized spacial score (nSPS) is 27.1. The standard InChI is InChI=1S/C11H23N.C10H20.C8H17NO/c1-9-7-6-8-10(2)12(9)11(3,4)5;1-10(2,3)9-7-5-4-6-8-9;1-8(2,3)9-4-6-10-7-5-9/h9-10H,6-8H2,1-5H3;9H,4-8H2,1-3H3;4-7H2,1-3H3/t9-,10+;;. The molecule has 192 valence electrons. The zero-order valence-corrected chi connectivity index (χ0v) is 24.0. The molecular weight excluding hydrogens is 392 g/mol. The lowest BCUT2D eigenvalue weighted by molar-refractivity contribution is -0.00389. The van der Waals surface area contributed by atoms with Crippen LogP contribution in [0.5, 0.6) is 0 Å². The summed E-state index contributed by atoms with van der Waals surface area (Å²) in [6.07, 6.45) is 11.5. The smallest absolute Gasteiger partial charge is 0.0594 e. The van der Waals surface area contributed by atoms with Gasteiger partial charge in [-0.3, -0.25) is 9.80 Å². The van der Waals surface area contributed by atoms with Gasteiger partial charge in [-0.1, -0.05) is 46.5 Å². The summed E-state index contributed by atoms with van der Waals surface area (Å²) in [6, 6.07) is 1.54. The Bertz CT molecular complexity index is 447. The van der Waals surface area contributed by atoms with E-state index in [1.807, 2.05) is 0 Å². The van der Waals surface area contributed by atoms with Gasteiger partial charge in [0.1, 0.15) is 0 Å². The predicted octanol–water partition coefficient (Wildman–Crippen LogP) is 7.78. The molecule has 0 aromatic rings. The van der Waals surface area contributed by atoms with E-state index in [-0.39, 0.29) is 0 Å². The molecule has 0 aromatic carbocycles. The van der Waals surface area contributed by atoms with Gasteiger partial charge in [0, 0.05) is 36.3 Å². The first-order chi connectivity index (χ1) is 14.6. The van der Waals surface area contributed by atoms with Crippen LogP contribution < -0.4 is 0 Å². The van der Waals surface area contributed by atoms with Crippen LogP contribution in [0.4, 0.5) is 0 Å². The van der Waals surface area contributed by atoms with Crippen molar-refractivity contribution in [3.05, 3.63) is 0 Å². The molecule has 3 aliphatic rings. The number of ether oxygens (including phenoxy) is 1. The largest absolute Gasteiger partial charge is 0.379 e. The van der Waals surface area contributed by atoms with Crippen LogP contribution in [0.25, 0.3) is 0 Å². The summed E-state index contributed by atoms with van der Waals surface area (Å²) in [4.78, 5) is 5.12. The Kier molecular flexibility index (Phi) is 12.2. The van der Waals surface area contributed by atoms with Crippen molar-refractivity contribution in [3.8, 4) is 0 Å². The number of rotatable bonds is 0. The lowest BCUT2D eigenvalue weighted by Gasteiger charge is -2.47. The molecule has 2 aliphatic heterocycles. The van der Waals surface area contributed by atoms with Crippen LogP contribution >= 0.6 is 0 Å². The van der Waals surface area contributed by atoms with Gasteiger partial charge in [-0.25, -0.2) is 0 Å². The average Bonchev–Trinajstić information content (AvgIpc) is 2.68. The Balaban J connectivity index is 0.000000241. The van der Waals surface area contributed by atoms with E-state index in [9.17, 15) is 0 Å². The maximum absolute atomic E-state index is 5.25. The third-order valence-corrected chi connectivity index (χ3v) is 7.76. The summed E-state index contributed by atoms with van der Waals surface area (Å²) in [7, 11) is 0. The maximum Gasteiger partial charge on any atom is 0.0594 e. The third-order valence-electron chi connectivity index (χ3n) is 7.76. The van der Waals surface area contributed by atoms with E-state index in [0.717, 1.165) is 44.3 Å². The lowest BCUT2D eigenvalue weighted by Crippen LogP contribution is -2.53. The van der Waals surface area contributed by atoms with Gasteiger partial charge in [0.05, 0.1) is 13.2 Å². The van der Waals surface area contributed by atoms with Gasteiger partial charge in [-0.15, -0.1) is 0 Å². The first-order valence-electron chi connectivity index (χ1n) is 13.7. The first-order valence-corrected chi connectivity index (χ1v) is 13.7. The van der Waals surface area contributed by atoms with Crippen molar-refractivity contribution < 1.29 is 4.74 Å². The molecule has 1 saturated carbocycles. The summed E-state index contributed by atoms with van der Waals surface area (Å²) in [5, 5.41) is 0. The molecule has 3 nitrogen and oxygen atoms in total. The van der Waals surface area contributed by atoms with Crippen LogP contribution in [0.15, 0.2) is 0 Å². The maximum atomic E-state index is 5.25. The van der Waals surface area contributed by atoms with Crippen LogP contribution in [0.1, 0.15) is 128 Å². The molecule has 1 aliphatic carbocycles. The second-order valence-corrected chi connectivity index (χ2v) is 13.7. The molecule has 0 unspecified atom stereocenters. The van der Waals surface area contributed by atoms with E-state index >= 15 is 0 Å². The highest BCUT2D eigenvalue weighted by Crippen LogP contribution is 2.37. The summed E-state index contributed by atoms with van der Waals surface area (Å²) in [5.41, 5.74) is 1.24. The average molecular weight is 453 g/mol. The molecule has 3 heteroatoms.